The Labute approximate surface area is 119 Å². The molecule has 0 saturated carbocycles. The van der Waals surface area contributed by atoms with Gasteiger partial charge in [-0.1, -0.05) is 19.9 Å². The topological polar surface area (TPSA) is 55.6 Å². The quantitative estimate of drug-likeness (QED) is 0.932. The molecule has 1 atom stereocenters. The Balaban J connectivity index is 1.79. The number of fused-ring (bicyclic) bond motifs is 1. The Morgan fingerprint density at radius 2 is 2.00 bits per heavy atom. The number of nitrogens with zero attached hydrogens (tertiary/aromatic N) is 4. The van der Waals surface area contributed by atoms with Gasteiger partial charge in [-0.05, 0) is 58.9 Å². The van der Waals surface area contributed by atoms with Crippen molar-refractivity contribution in [3.63, 3.8) is 0 Å². The van der Waals surface area contributed by atoms with Crippen molar-refractivity contribution in [3.05, 3.63) is 35.2 Å². The number of aromatic nitrogens is 4. The van der Waals surface area contributed by atoms with Gasteiger partial charge in [0.2, 0.25) is 0 Å². The molecule has 106 valence electrons. The van der Waals surface area contributed by atoms with E-state index < -0.39 is 0 Å². The van der Waals surface area contributed by atoms with Crippen LogP contribution in [0.15, 0.2) is 18.2 Å². The minimum Gasteiger partial charge on any atom is -0.375 e. The predicted molar refractivity (Wildman–Crippen MR) is 78.5 cm³/mol. The maximum Gasteiger partial charge on any atom is 0.173 e. The number of aryl methyl sites for hydroxylation is 1. The summed E-state index contributed by atoms with van der Waals surface area (Å²) in [5.74, 6) is 0.839. The maximum atomic E-state index is 4.05. The molecule has 0 bridgehead atoms. The van der Waals surface area contributed by atoms with Gasteiger partial charge in [0.25, 0.3) is 0 Å². The number of nitrogens with one attached hydrogen (secondary N) is 1. The fourth-order valence-corrected chi connectivity index (χ4v) is 3.06. The van der Waals surface area contributed by atoms with Crippen LogP contribution in [0.25, 0.3) is 0 Å². The van der Waals surface area contributed by atoms with E-state index in [4.69, 9.17) is 0 Å². The summed E-state index contributed by atoms with van der Waals surface area (Å²) < 4.78 is 1.70. The smallest absolute Gasteiger partial charge is 0.173 e. The third kappa shape index (κ3) is 2.40. The summed E-state index contributed by atoms with van der Waals surface area (Å²) >= 11 is 0. The van der Waals surface area contributed by atoms with E-state index in [-0.39, 0.29) is 6.04 Å². The molecule has 1 aliphatic carbocycles. The first-order chi connectivity index (χ1) is 9.44. The molecule has 0 aliphatic heterocycles. The van der Waals surface area contributed by atoms with Crippen molar-refractivity contribution in [1.82, 2.24) is 20.2 Å². The summed E-state index contributed by atoms with van der Waals surface area (Å²) in [6.45, 7) is 6.73. The van der Waals surface area contributed by atoms with Crippen LogP contribution < -0.4 is 5.32 Å². The fraction of sp³-hybridized carbons (Fsp3) is 0.533. The van der Waals surface area contributed by atoms with Crippen molar-refractivity contribution in [1.29, 1.82) is 0 Å². The summed E-state index contributed by atoms with van der Waals surface area (Å²) in [7, 11) is 1.86. The highest BCUT2D eigenvalue weighted by Gasteiger charge is 2.28. The summed E-state index contributed by atoms with van der Waals surface area (Å²) in [5.41, 5.74) is 4.47. The van der Waals surface area contributed by atoms with Crippen LogP contribution in [-0.2, 0) is 19.9 Å². The van der Waals surface area contributed by atoms with Crippen LogP contribution >= 0.6 is 0 Å². The van der Waals surface area contributed by atoms with Crippen LogP contribution in [0.1, 0.15) is 43.8 Å². The number of anilines is 1. The average molecular weight is 271 g/mol. The second kappa shape index (κ2) is 4.58. The van der Waals surface area contributed by atoms with E-state index in [1.807, 2.05) is 7.05 Å². The van der Waals surface area contributed by atoms with Crippen LogP contribution in [0.4, 0.5) is 5.69 Å². The number of rotatable bonds is 3. The maximum absolute atomic E-state index is 4.05. The number of hydrogen-bond acceptors (Lipinski definition) is 4. The third-order valence-corrected chi connectivity index (χ3v) is 3.97. The van der Waals surface area contributed by atoms with Gasteiger partial charge in [0, 0.05) is 12.7 Å². The van der Waals surface area contributed by atoms with Crippen molar-refractivity contribution in [2.24, 2.45) is 12.5 Å². The van der Waals surface area contributed by atoms with E-state index in [0.29, 0.717) is 5.41 Å². The van der Waals surface area contributed by atoms with Crippen LogP contribution in [-0.4, -0.2) is 20.2 Å². The van der Waals surface area contributed by atoms with Gasteiger partial charge in [-0.3, -0.25) is 0 Å². The number of hydrogen-bond donors (Lipinski definition) is 1. The lowest BCUT2D eigenvalue weighted by atomic mass is 9.90. The first kappa shape index (κ1) is 13.1. The molecule has 1 aromatic heterocycles. The molecule has 20 heavy (non-hydrogen) atoms. The van der Waals surface area contributed by atoms with E-state index in [1.165, 1.54) is 17.5 Å². The van der Waals surface area contributed by atoms with Crippen molar-refractivity contribution >= 4 is 5.69 Å². The Morgan fingerprint density at radius 3 is 2.70 bits per heavy atom. The molecule has 0 radical (unpaired) electrons. The monoisotopic (exact) mass is 271 g/mol. The largest absolute Gasteiger partial charge is 0.375 e. The second-order valence-corrected chi connectivity index (χ2v) is 6.53. The van der Waals surface area contributed by atoms with Crippen molar-refractivity contribution in [2.75, 3.05) is 5.32 Å². The molecule has 0 amide bonds. The number of benzene rings is 1. The van der Waals surface area contributed by atoms with E-state index in [9.17, 15) is 0 Å². The molecule has 5 heteroatoms. The molecule has 0 saturated heterocycles. The van der Waals surface area contributed by atoms with Gasteiger partial charge in [-0.2, -0.15) is 0 Å². The summed E-state index contributed by atoms with van der Waals surface area (Å²) in [6, 6.07) is 6.75. The van der Waals surface area contributed by atoms with E-state index in [1.54, 1.807) is 4.68 Å². The average Bonchev–Trinajstić information content (AvgIpc) is 2.90. The SMILES string of the molecule is CC(Nc1ccc2c(c1)CC(C)(C)C2)c1nnnn1C. The normalized spacial score (nSPS) is 17.8. The van der Waals surface area contributed by atoms with Gasteiger partial charge in [0.15, 0.2) is 5.82 Å². The summed E-state index contributed by atoms with van der Waals surface area (Å²) in [6.07, 6.45) is 2.32. The molecule has 0 spiro atoms. The Hall–Kier alpha value is -1.91. The molecule has 1 aromatic carbocycles. The van der Waals surface area contributed by atoms with Crippen LogP contribution in [0.2, 0.25) is 0 Å². The van der Waals surface area contributed by atoms with Crippen LogP contribution in [0.5, 0.6) is 0 Å². The standard InChI is InChI=1S/C15H21N5/c1-10(14-17-18-19-20(14)4)16-13-6-5-11-8-15(2,3)9-12(11)7-13/h5-7,10,16H,8-9H2,1-4H3. The Bertz CT molecular complexity index is 629. The van der Waals surface area contributed by atoms with Gasteiger partial charge < -0.3 is 5.32 Å². The molecular formula is C15H21N5. The van der Waals surface area contributed by atoms with Crippen LogP contribution in [0.3, 0.4) is 0 Å². The fourth-order valence-electron chi connectivity index (χ4n) is 3.06. The minimum absolute atomic E-state index is 0.0856. The number of tetrazole rings is 1. The lowest BCUT2D eigenvalue weighted by Crippen LogP contribution is -2.12. The highest BCUT2D eigenvalue weighted by atomic mass is 15.5. The molecule has 0 fully saturated rings. The highest BCUT2D eigenvalue weighted by molar-refractivity contribution is 5.51. The molecule has 1 unspecified atom stereocenters. The molecule has 1 N–H and O–H groups in total. The molecule has 1 heterocycles. The summed E-state index contributed by atoms with van der Waals surface area (Å²) in [4.78, 5) is 0. The molecule has 5 nitrogen and oxygen atoms in total. The highest BCUT2D eigenvalue weighted by Crippen LogP contribution is 2.37. The molecule has 2 aromatic rings. The third-order valence-electron chi connectivity index (χ3n) is 3.97. The first-order valence-corrected chi connectivity index (χ1v) is 7.05. The van der Waals surface area contributed by atoms with E-state index in [0.717, 1.165) is 17.9 Å². The van der Waals surface area contributed by atoms with E-state index >= 15 is 0 Å². The molecule has 3 rings (SSSR count). The van der Waals surface area contributed by atoms with Crippen molar-refractivity contribution in [3.8, 4) is 0 Å². The zero-order chi connectivity index (χ0) is 14.3. The zero-order valence-corrected chi connectivity index (χ0v) is 12.5. The van der Waals surface area contributed by atoms with E-state index in [2.05, 4.69) is 59.8 Å². The molecule has 1 aliphatic rings. The first-order valence-electron chi connectivity index (χ1n) is 7.05. The lowest BCUT2D eigenvalue weighted by Gasteiger charge is -2.15. The lowest BCUT2D eigenvalue weighted by molar-refractivity contribution is 0.392. The minimum atomic E-state index is 0.0856. The second-order valence-electron chi connectivity index (χ2n) is 6.53. The van der Waals surface area contributed by atoms with Gasteiger partial charge >= 0.3 is 0 Å². The molecular weight excluding hydrogens is 250 g/mol. The van der Waals surface area contributed by atoms with Crippen molar-refractivity contribution in [2.45, 2.75) is 39.7 Å². The van der Waals surface area contributed by atoms with Gasteiger partial charge in [0.05, 0.1) is 6.04 Å². The van der Waals surface area contributed by atoms with Crippen molar-refractivity contribution < 1.29 is 0 Å². The van der Waals surface area contributed by atoms with Gasteiger partial charge in [-0.15, -0.1) is 5.10 Å². The summed E-state index contributed by atoms with van der Waals surface area (Å²) in [5, 5.41) is 15.1. The van der Waals surface area contributed by atoms with Gasteiger partial charge in [0.1, 0.15) is 0 Å². The van der Waals surface area contributed by atoms with Gasteiger partial charge in [-0.25, -0.2) is 4.68 Å². The predicted octanol–water partition coefficient (Wildman–Crippen LogP) is 2.51. The Morgan fingerprint density at radius 1 is 1.25 bits per heavy atom. The van der Waals surface area contributed by atoms with Crippen LogP contribution in [0, 0.1) is 5.41 Å². The Kier molecular flexibility index (Phi) is 3.00. The zero-order valence-electron chi connectivity index (χ0n) is 12.5.